The molecule has 2 aromatic carbocycles. The Labute approximate surface area is 204 Å². The van der Waals surface area contributed by atoms with Crippen molar-refractivity contribution < 1.29 is 4.74 Å². The van der Waals surface area contributed by atoms with Gasteiger partial charge < -0.3 is 14.6 Å². The second kappa shape index (κ2) is 10.4. The third-order valence-corrected chi connectivity index (χ3v) is 6.65. The highest BCUT2D eigenvalue weighted by atomic mass is 16.5. The van der Waals surface area contributed by atoms with Crippen LogP contribution in [0.4, 0.5) is 0 Å². The molecule has 35 heavy (non-hydrogen) atoms. The van der Waals surface area contributed by atoms with Crippen LogP contribution >= 0.6 is 0 Å². The standard InChI is InChI=1S/C26H31N7O2/c1-3-31-12-14-32(15-13-31)24(25-28-29-30-33(25)18-19-8-6-5-7-9-19)22-17-20-16-21(35-4-2)10-11-23(20)27-26(22)34/h5-11,16-17,24H,3-4,12-15,18H2,1-2H3,(H,27,34)/t24-/m0/s1. The average molecular weight is 474 g/mol. The number of nitrogens with one attached hydrogen (secondary N) is 1. The Morgan fingerprint density at radius 3 is 2.57 bits per heavy atom. The summed E-state index contributed by atoms with van der Waals surface area (Å²) >= 11 is 0. The van der Waals surface area contributed by atoms with E-state index in [1.165, 1.54) is 0 Å². The number of benzene rings is 2. The molecule has 0 radical (unpaired) electrons. The molecule has 9 heteroatoms. The van der Waals surface area contributed by atoms with Gasteiger partial charge in [0.1, 0.15) is 11.8 Å². The normalized spacial score (nSPS) is 15.9. The first-order valence-corrected chi connectivity index (χ1v) is 12.2. The van der Waals surface area contributed by atoms with E-state index in [0.29, 0.717) is 24.5 Å². The number of nitrogens with zero attached hydrogens (tertiary/aromatic N) is 6. The number of pyridine rings is 1. The van der Waals surface area contributed by atoms with E-state index in [1.807, 2.05) is 54.1 Å². The molecule has 0 amide bonds. The molecule has 4 aromatic rings. The van der Waals surface area contributed by atoms with Crippen LogP contribution < -0.4 is 10.3 Å². The van der Waals surface area contributed by atoms with E-state index < -0.39 is 0 Å². The van der Waals surface area contributed by atoms with E-state index in [9.17, 15) is 4.79 Å². The van der Waals surface area contributed by atoms with Gasteiger partial charge in [0, 0.05) is 42.6 Å². The lowest BCUT2D eigenvalue weighted by atomic mass is 10.0. The van der Waals surface area contributed by atoms with Crippen molar-refractivity contribution in [1.82, 2.24) is 35.0 Å². The molecule has 0 aliphatic carbocycles. The van der Waals surface area contributed by atoms with Crippen molar-refractivity contribution in [3.63, 3.8) is 0 Å². The average Bonchev–Trinajstić information content (AvgIpc) is 3.33. The lowest BCUT2D eigenvalue weighted by Crippen LogP contribution is -2.49. The van der Waals surface area contributed by atoms with Crippen LogP contribution in [-0.2, 0) is 6.54 Å². The number of ether oxygens (including phenoxy) is 1. The number of hydrogen-bond acceptors (Lipinski definition) is 7. The quantitative estimate of drug-likeness (QED) is 0.421. The molecule has 9 nitrogen and oxygen atoms in total. The van der Waals surface area contributed by atoms with Gasteiger partial charge in [-0.3, -0.25) is 9.69 Å². The highest BCUT2D eigenvalue weighted by Crippen LogP contribution is 2.29. The minimum atomic E-state index is -0.364. The second-order valence-corrected chi connectivity index (χ2v) is 8.79. The van der Waals surface area contributed by atoms with Crippen molar-refractivity contribution >= 4 is 10.9 Å². The summed E-state index contributed by atoms with van der Waals surface area (Å²) in [5.41, 5.74) is 2.39. The molecule has 2 aromatic heterocycles. The van der Waals surface area contributed by atoms with Crippen LogP contribution in [0.15, 0.2) is 59.4 Å². The molecule has 0 unspecified atom stereocenters. The summed E-state index contributed by atoms with van der Waals surface area (Å²) in [6, 6.07) is 17.4. The molecule has 0 spiro atoms. The largest absolute Gasteiger partial charge is 0.494 e. The minimum absolute atomic E-state index is 0.126. The van der Waals surface area contributed by atoms with E-state index in [4.69, 9.17) is 4.74 Å². The van der Waals surface area contributed by atoms with E-state index in [-0.39, 0.29) is 11.6 Å². The molecular weight excluding hydrogens is 442 g/mol. The maximum atomic E-state index is 13.4. The molecule has 0 saturated carbocycles. The number of piperazine rings is 1. The lowest BCUT2D eigenvalue weighted by molar-refractivity contribution is 0.108. The van der Waals surface area contributed by atoms with Crippen LogP contribution in [0.2, 0.25) is 0 Å². The zero-order chi connectivity index (χ0) is 24.2. The Kier molecular flexibility index (Phi) is 6.87. The van der Waals surface area contributed by atoms with Crippen molar-refractivity contribution in [1.29, 1.82) is 0 Å². The predicted octanol–water partition coefficient (Wildman–Crippen LogP) is 2.69. The number of hydrogen-bond donors (Lipinski definition) is 1. The second-order valence-electron chi connectivity index (χ2n) is 8.79. The van der Waals surface area contributed by atoms with Crippen LogP contribution in [0.3, 0.4) is 0 Å². The number of H-pyrrole nitrogens is 1. The van der Waals surface area contributed by atoms with Gasteiger partial charge in [0.25, 0.3) is 5.56 Å². The van der Waals surface area contributed by atoms with Crippen molar-refractivity contribution in [2.24, 2.45) is 0 Å². The first-order valence-electron chi connectivity index (χ1n) is 12.2. The van der Waals surface area contributed by atoms with Crippen LogP contribution in [0.1, 0.15) is 36.8 Å². The molecule has 182 valence electrons. The lowest BCUT2D eigenvalue weighted by Gasteiger charge is -2.38. The molecule has 3 heterocycles. The topological polar surface area (TPSA) is 92.2 Å². The van der Waals surface area contributed by atoms with Crippen molar-refractivity contribution in [2.45, 2.75) is 26.4 Å². The number of tetrazole rings is 1. The summed E-state index contributed by atoms with van der Waals surface area (Å²) < 4.78 is 7.51. The summed E-state index contributed by atoms with van der Waals surface area (Å²) in [6.45, 7) is 9.80. The van der Waals surface area contributed by atoms with Crippen LogP contribution in [-0.4, -0.2) is 74.3 Å². The zero-order valence-electron chi connectivity index (χ0n) is 20.2. The van der Waals surface area contributed by atoms with Crippen molar-refractivity contribution in [3.05, 3.63) is 81.9 Å². The summed E-state index contributed by atoms with van der Waals surface area (Å²) in [6.07, 6.45) is 0. The summed E-state index contributed by atoms with van der Waals surface area (Å²) in [7, 11) is 0. The van der Waals surface area contributed by atoms with E-state index >= 15 is 0 Å². The molecule has 1 N–H and O–H groups in total. The molecule has 1 atom stereocenters. The third kappa shape index (κ3) is 4.96. The SMILES string of the molecule is CCOc1ccc2[nH]c(=O)c([C@@H](c3nnnn3Cc3ccccc3)N3CCN(CC)CC3)cc2c1. The van der Waals surface area contributed by atoms with E-state index in [1.54, 1.807) is 0 Å². The first-order chi connectivity index (χ1) is 17.2. The molecule has 1 fully saturated rings. The highest BCUT2D eigenvalue weighted by Gasteiger charge is 2.32. The highest BCUT2D eigenvalue weighted by molar-refractivity contribution is 5.80. The third-order valence-electron chi connectivity index (χ3n) is 6.65. The molecule has 0 bridgehead atoms. The molecule has 1 aliphatic rings. The van der Waals surface area contributed by atoms with Gasteiger partial charge in [-0.15, -0.1) is 5.10 Å². The Hall–Kier alpha value is -3.56. The van der Waals surface area contributed by atoms with Crippen LogP contribution in [0.25, 0.3) is 10.9 Å². The Morgan fingerprint density at radius 2 is 1.83 bits per heavy atom. The van der Waals surface area contributed by atoms with Gasteiger partial charge in [-0.1, -0.05) is 37.3 Å². The van der Waals surface area contributed by atoms with Crippen molar-refractivity contribution in [3.8, 4) is 5.75 Å². The number of likely N-dealkylation sites (N-methyl/N-ethyl adjacent to an activating group) is 1. The maximum absolute atomic E-state index is 13.4. The fraction of sp³-hybridized carbons (Fsp3) is 0.385. The van der Waals surface area contributed by atoms with Crippen LogP contribution in [0.5, 0.6) is 5.75 Å². The van der Waals surface area contributed by atoms with Gasteiger partial charge in [-0.25, -0.2) is 4.68 Å². The smallest absolute Gasteiger partial charge is 0.253 e. The predicted molar refractivity (Wildman–Crippen MR) is 135 cm³/mol. The molecule has 1 aliphatic heterocycles. The number of fused-ring (bicyclic) bond motifs is 1. The Balaban J connectivity index is 1.59. The fourth-order valence-electron chi connectivity index (χ4n) is 4.77. The fourth-order valence-corrected chi connectivity index (χ4v) is 4.77. The molecule has 5 rings (SSSR count). The first kappa shape index (κ1) is 23.2. The summed E-state index contributed by atoms with van der Waals surface area (Å²) in [4.78, 5) is 21.2. The van der Waals surface area contributed by atoms with Crippen LogP contribution in [0, 0.1) is 0 Å². The van der Waals surface area contributed by atoms with Gasteiger partial charge >= 0.3 is 0 Å². The van der Waals surface area contributed by atoms with Gasteiger partial charge in [0.2, 0.25) is 0 Å². The van der Waals surface area contributed by atoms with Crippen molar-refractivity contribution in [2.75, 3.05) is 39.3 Å². The zero-order valence-corrected chi connectivity index (χ0v) is 20.2. The number of aromatic nitrogens is 5. The van der Waals surface area contributed by atoms with Gasteiger partial charge in [0.15, 0.2) is 5.82 Å². The maximum Gasteiger partial charge on any atom is 0.253 e. The monoisotopic (exact) mass is 473 g/mol. The summed E-state index contributed by atoms with van der Waals surface area (Å²) in [5, 5.41) is 13.7. The Morgan fingerprint density at radius 1 is 1.03 bits per heavy atom. The number of rotatable bonds is 8. The number of aromatic amines is 1. The molecular formula is C26H31N7O2. The van der Waals surface area contributed by atoms with Gasteiger partial charge in [-0.05, 0) is 53.7 Å². The minimum Gasteiger partial charge on any atom is -0.494 e. The van der Waals surface area contributed by atoms with E-state index in [0.717, 1.165) is 54.9 Å². The summed E-state index contributed by atoms with van der Waals surface area (Å²) in [5.74, 6) is 1.45. The van der Waals surface area contributed by atoms with E-state index in [2.05, 4.69) is 49.4 Å². The molecule has 1 saturated heterocycles. The van der Waals surface area contributed by atoms with Gasteiger partial charge in [-0.2, -0.15) is 0 Å². The van der Waals surface area contributed by atoms with Gasteiger partial charge in [0.05, 0.1) is 13.2 Å². The Bertz CT molecular complexity index is 1330.